The second-order valence-corrected chi connectivity index (χ2v) is 6.01. The van der Waals surface area contributed by atoms with Gasteiger partial charge in [-0.3, -0.25) is 10.1 Å². The molecule has 1 saturated carbocycles. The summed E-state index contributed by atoms with van der Waals surface area (Å²) in [5.74, 6) is -0.499. The summed E-state index contributed by atoms with van der Waals surface area (Å²) in [6.07, 6.45) is 5.23. The van der Waals surface area contributed by atoms with E-state index >= 15 is 0 Å². The van der Waals surface area contributed by atoms with Crippen molar-refractivity contribution in [2.45, 2.75) is 30.6 Å². The zero-order valence-corrected chi connectivity index (χ0v) is 12.8. The van der Waals surface area contributed by atoms with Gasteiger partial charge < -0.3 is 10.1 Å². The summed E-state index contributed by atoms with van der Waals surface area (Å²) in [5.41, 5.74) is 0.674. The number of nitrogens with one attached hydrogen (secondary N) is 1. The monoisotopic (exact) mass is 310 g/mol. The van der Waals surface area contributed by atoms with Crippen molar-refractivity contribution >= 4 is 29.1 Å². The number of hydrogen-bond donors (Lipinski definition) is 1. The van der Waals surface area contributed by atoms with Crippen molar-refractivity contribution in [2.75, 3.05) is 18.7 Å². The summed E-state index contributed by atoms with van der Waals surface area (Å²) < 4.78 is 4.66. The molecule has 7 heteroatoms. The molecule has 0 aliphatic heterocycles. The number of carbonyl (C=O) groups excluding carboxylic acids is 1. The van der Waals surface area contributed by atoms with E-state index in [1.165, 1.54) is 25.3 Å². The highest BCUT2D eigenvalue weighted by atomic mass is 32.2. The quantitative estimate of drug-likeness (QED) is 0.511. The molecule has 2 unspecified atom stereocenters. The Morgan fingerprint density at radius 3 is 2.86 bits per heavy atom. The molecule has 1 aliphatic carbocycles. The molecule has 1 aliphatic rings. The van der Waals surface area contributed by atoms with Crippen LogP contribution in [-0.4, -0.2) is 35.5 Å². The molecule has 1 fully saturated rings. The zero-order valence-electron chi connectivity index (χ0n) is 12.0. The van der Waals surface area contributed by atoms with Gasteiger partial charge >= 0.3 is 5.97 Å². The molecule has 1 aromatic carbocycles. The fourth-order valence-corrected chi connectivity index (χ4v) is 3.56. The number of hydrogen-bond acceptors (Lipinski definition) is 6. The van der Waals surface area contributed by atoms with E-state index in [4.69, 9.17) is 0 Å². The lowest BCUT2D eigenvalue weighted by atomic mass is 10.1. The zero-order chi connectivity index (χ0) is 15.4. The third kappa shape index (κ3) is 3.47. The molecule has 0 bridgehead atoms. The SMILES string of the molecule is COC(=O)c1ccc([N+](=O)[O-])c(NC2CCCC2SC)c1. The summed E-state index contributed by atoms with van der Waals surface area (Å²) in [4.78, 5) is 22.3. The van der Waals surface area contributed by atoms with E-state index in [-0.39, 0.29) is 11.7 Å². The van der Waals surface area contributed by atoms with E-state index in [1.807, 2.05) is 6.26 Å². The molecule has 2 atom stereocenters. The van der Waals surface area contributed by atoms with E-state index in [0.717, 1.165) is 19.3 Å². The van der Waals surface area contributed by atoms with Gasteiger partial charge in [-0.15, -0.1) is 0 Å². The third-order valence-corrected chi connectivity index (χ3v) is 4.88. The van der Waals surface area contributed by atoms with Crippen molar-refractivity contribution in [3.05, 3.63) is 33.9 Å². The maximum Gasteiger partial charge on any atom is 0.337 e. The molecule has 1 aromatic rings. The number of nitrogens with zero attached hydrogens (tertiary/aromatic N) is 1. The number of methoxy groups -OCH3 is 1. The van der Waals surface area contributed by atoms with Crippen LogP contribution in [0.3, 0.4) is 0 Å². The van der Waals surface area contributed by atoms with Crippen LogP contribution in [0.2, 0.25) is 0 Å². The Bertz CT molecular complexity index is 550. The Morgan fingerprint density at radius 1 is 1.48 bits per heavy atom. The molecule has 1 N–H and O–H groups in total. The molecule has 114 valence electrons. The van der Waals surface area contributed by atoms with Crippen LogP contribution in [0.5, 0.6) is 0 Å². The van der Waals surface area contributed by atoms with Gasteiger partial charge in [-0.2, -0.15) is 11.8 Å². The second kappa shape index (κ2) is 6.80. The molecule has 0 radical (unpaired) electrons. The Balaban J connectivity index is 2.30. The van der Waals surface area contributed by atoms with Crippen molar-refractivity contribution in [1.29, 1.82) is 0 Å². The standard InChI is InChI=1S/C14H18N2O4S/c1-20-14(17)9-6-7-12(16(18)19)11(8-9)15-10-4-3-5-13(10)21-2/h6-8,10,13,15H,3-5H2,1-2H3. The number of benzene rings is 1. The van der Waals surface area contributed by atoms with Crippen molar-refractivity contribution in [1.82, 2.24) is 0 Å². The molecule has 0 amide bonds. The largest absolute Gasteiger partial charge is 0.465 e. The minimum atomic E-state index is -0.499. The topological polar surface area (TPSA) is 81.5 Å². The van der Waals surface area contributed by atoms with Gasteiger partial charge in [-0.25, -0.2) is 4.79 Å². The Hall–Kier alpha value is -1.76. The summed E-state index contributed by atoms with van der Waals surface area (Å²) in [5, 5.41) is 14.8. The predicted molar refractivity (Wildman–Crippen MR) is 83.0 cm³/mol. The molecule has 0 aromatic heterocycles. The fraction of sp³-hybridized carbons (Fsp3) is 0.500. The Labute approximate surface area is 127 Å². The van der Waals surface area contributed by atoms with Gasteiger partial charge in [0.1, 0.15) is 5.69 Å². The van der Waals surface area contributed by atoms with Crippen LogP contribution in [0.4, 0.5) is 11.4 Å². The first-order chi connectivity index (χ1) is 10.1. The molecular weight excluding hydrogens is 292 g/mol. The highest BCUT2D eigenvalue weighted by Crippen LogP contribution is 2.34. The minimum Gasteiger partial charge on any atom is -0.465 e. The van der Waals surface area contributed by atoms with Gasteiger partial charge in [0.25, 0.3) is 5.69 Å². The molecule has 0 saturated heterocycles. The van der Waals surface area contributed by atoms with Crippen LogP contribution < -0.4 is 5.32 Å². The van der Waals surface area contributed by atoms with Gasteiger partial charge in [0.2, 0.25) is 0 Å². The smallest absolute Gasteiger partial charge is 0.337 e. The first kappa shape index (κ1) is 15.6. The summed E-state index contributed by atoms with van der Waals surface area (Å²) >= 11 is 1.77. The van der Waals surface area contributed by atoms with Crippen LogP contribution in [0.1, 0.15) is 29.6 Å². The molecule has 0 spiro atoms. The van der Waals surface area contributed by atoms with Crippen molar-refractivity contribution in [3.8, 4) is 0 Å². The Morgan fingerprint density at radius 2 is 2.24 bits per heavy atom. The molecule has 21 heavy (non-hydrogen) atoms. The van der Waals surface area contributed by atoms with Crippen molar-refractivity contribution in [3.63, 3.8) is 0 Å². The maximum atomic E-state index is 11.6. The van der Waals surface area contributed by atoms with Crippen molar-refractivity contribution < 1.29 is 14.5 Å². The van der Waals surface area contributed by atoms with E-state index < -0.39 is 10.9 Å². The number of anilines is 1. The third-order valence-electron chi connectivity index (χ3n) is 3.71. The van der Waals surface area contributed by atoms with Gasteiger partial charge in [-0.05, 0) is 31.2 Å². The van der Waals surface area contributed by atoms with Gasteiger partial charge in [0, 0.05) is 17.4 Å². The highest BCUT2D eigenvalue weighted by molar-refractivity contribution is 7.99. The lowest BCUT2D eigenvalue weighted by Gasteiger charge is -2.20. The number of thioether (sulfide) groups is 1. The normalized spacial score (nSPS) is 21.0. The van der Waals surface area contributed by atoms with Crippen LogP contribution in [0.25, 0.3) is 0 Å². The van der Waals surface area contributed by atoms with E-state index in [1.54, 1.807) is 11.8 Å². The molecule has 0 heterocycles. The number of carbonyl (C=O) groups is 1. The predicted octanol–water partition coefficient (Wildman–Crippen LogP) is 3.08. The van der Waals surface area contributed by atoms with Crippen LogP contribution in [-0.2, 0) is 4.74 Å². The number of rotatable bonds is 5. The number of esters is 1. The van der Waals surface area contributed by atoms with E-state index in [0.29, 0.717) is 16.5 Å². The minimum absolute atomic E-state index is 0.0191. The first-order valence-corrected chi connectivity index (χ1v) is 8.01. The van der Waals surface area contributed by atoms with Crippen molar-refractivity contribution in [2.24, 2.45) is 0 Å². The van der Waals surface area contributed by atoms with E-state index in [2.05, 4.69) is 10.1 Å². The number of nitro benzene ring substituents is 1. The molecular formula is C14H18N2O4S. The second-order valence-electron chi connectivity index (χ2n) is 4.94. The Kier molecular flexibility index (Phi) is 5.06. The van der Waals surface area contributed by atoms with Gasteiger partial charge in [0.05, 0.1) is 17.6 Å². The van der Waals surface area contributed by atoms with Crippen LogP contribution in [0, 0.1) is 10.1 Å². The lowest BCUT2D eigenvalue weighted by Crippen LogP contribution is -2.26. The molecule has 2 rings (SSSR count). The summed E-state index contributed by atoms with van der Waals surface area (Å²) in [6, 6.07) is 4.44. The highest BCUT2D eigenvalue weighted by Gasteiger charge is 2.28. The summed E-state index contributed by atoms with van der Waals surface area (Å²) in [7, 11) is 1.29. The number of nitro groups is 1. The van der Waals surface area contributed by atoms with E-state index in [9.17, 15) is 14.9 Å². The maximum absolute atomic E-state index is 11.6. The lowest BCUT2D eigenvalue weighted by molar-refractivity contribution is -0.384. The average Bonchev–Trinajstić information content (AvgIpc) is 2.93. The van der Waals surface area contributed by atoms with Gasteiger partial charge in [0.15, 0.2) is 0 Å². The van der Waals surface area contributed by atoms with Crippen LogP contribution in [0.15, 0.2) is 18.2 Å². The number of ether oxygens (including phenoxy) is 1. The van der Waals surface area contributed by atoms with Gasteiger partial charge in [-0.1, -0.05) is 6.42 Å². The average molecular weight is 310 g/mol. The summed E-state index contributed by atoms with van der Waals surface area (Å²) in [6.45, 7) is 0. The fourth-order valence-electron chi connectivity index (χ4n) is 2.63. The first-order valence-electron chi connectivity index (χ1n) is 6.73. The van der Waals surface area contributed by atoms with Crippen LogP contribution >= 0.6 is 11.8 Å². The molecule has 6 nitrogen and oxygen atoms in total.